The van der Waals surface area contributed by atoms with Crippen molar-refractivity contribution in [2.45, 2.75) is 39.8 Å². The van der Waals surface area contributed by atoms with Crippen molar-refractivity contribution >= 4 is 34.5 Å². The first-order valence-electron chi connectivity index (χ1n) is 11.8. The molecule has 0 aliphatic heterocycles. The van der Waals surface area contributed by atoms with Crippen molar-refractivity contribution in [1.29, 1.82) is 0 Å². The molecule has 35 heavy (non-hydrogen) atoms. The van der Waals surface area contributed by atoms with E-state index in [9.17, 15) is 5.11 Å². The van der Waals surface area contributed by atoms with Gasteiger partial charge < -0.3 is 15.7 Å². The number of nitrogens with one attached hydrogen (secondary N) is 2. The zero-order valence-corrected chi connectivity index (χ0v) is 21.7. The van der Waals surface area contributed by atoms with E-state index >= 15 is 0 Å². The van der Waals surface area contributed by atoms with Crippen molar-refractivity contribution < 1.29 is 5.11 Å². The van der Waals surface area contributed by atoms with Gasteiger partial charge in [0.05, 0.1) is 5.70 Å². The van der Waals surface area contributed by atoms with E-state index in [1.165, 1.54) is 5.56 Å². The van der Waals surface area contributed by atoms with Crippen molar-refractivity contribution in [2.75, 3.05) is 12.4 Å². The van der Waals surface area contributed by atoms with E-state index in [1.54, 1.807) is 0 Å². The minimum Gasteiger partial charge on any atom is -0.508 e. The fourth-order valence-electron chi connectivity index (χ4n) is 3.93. The molecule has 0 spiro atoms. The van der Waals surface area contributed by atoms with E-state index in [0.29, 0.717) is 6.54 Å². The highest BCUT2D eigenvalue weighted by Crippen LogP contribution is 2.24. The van der Waals surface area contributed by atoms with Gasteiger partial charge in [0.25, 0.3) is 0 Å². The van der Waals surface area contributed by atoms with Crippen LogP contribution in [0.25, 0.3) is 11.5 Å². The van der Waals surface area contributed by atoms with Crippen LogP contribution in [0.1, 0.15) is 41.7 Å². The number of aliphatic hydroxyl groups excluding tert-OH is 1. The zero-order chi connectivity index (χ0) is 25.4. The van der Waals surface area contributed by atoms with Gasteiger partial charge in [0, 0.05) is 40.1 Å². The molecule has 0 aliphatic carbocycles. The van der Waals surface area contributed by atoms with Gasteiger partial charge >= 0.3 is 0 Å². The maximum absolute atomic E-state index is 9.46. The Morgan fingerprint density at radius 1 is 1.06 bits per heavy atom. The molecule has 0 bridgehead atoms. The number of anilines is 1. The number of allylic oxidation sites excluding steroid dienone is 1. The Labute approximate surface area is 214 Å². The lowest BCUT2D eigenvalue weighted by Crippen LogP contribution is -2.34. The van der Waals surface area contributed by atoms with Crippen LogP contribution in [0.3, 0.4) is 0 Å². The Balaban J connectivity index is 1.64. The largest absolute Gasteiger partial charge is 0.508 e. The summed E-state index contributed by atoms with van der Waals surface area (Å²) in [5, 5.41) is 17.1. The molecule has 4 nitrogen and oxygen atoms in total. The number of benzene rings is 3. The predicted octanol–water partition coefficient (Wildman–Crippen LogP) is 7.44. The van der Waals surface area contributed by atoms with Gasteiger partial charge in [-0.25, -0.2) is 0 Å². The SMILES string of the molecule is C=C(O)c1ccc(CNc2ccc(CC(NC)C(C)=N/C(=C\C)c3ccc(Cl)cc3C)cc2)cc1. The Hall–Kier alpha value is -3.34. The number of halogens is 1. The minimum absolute atomic E-state index is 0.0855. The number of aryl methyl sites for hydroxylation is 1. The first kappa shape index (κ1) is 26.3. The van der Waals surface area contributed by atoms with Crippen molar-refractivity contribution in [1.82, 2.24) is 5.32 Å². The van der Waals surface area contributed by atoms with Gasteiger partial charge in [-0.2, -0.15) is 0 Å². The summed E-state index contributed by atoms with van der Waals surface area (Å²) in [5.74, 6) is 0.0855. The van der Waals surface area contributed by atoms with Gasteiger partial charge in [-0.3, -0.25) is 4.99 Å². The monoisotopic (exact) mass is 487 g/mol. The highest BCUT2D eigenvalue weighted by Gasteiger charge is 2.13. The second kappa shape index (κ2) is 12.4. The summed E-state index contributed by atoms with van der Waals surface area (Å²) in [7, 11) is 1.97. The van der Waals surface area contributed by atoms with Gasteiger partial charge in [0.2, 0.25) is 0 Å². The van der Waals surface area contributed by atoms with Crippen LogP contribution >= 0.6 is 11.6 Å². The lowest BCUT2D eigenvalue weighted by Gasteiger charge is -2.18. The van der Waals surface area contributed by atoms with Crippen LogP contribution in [-0.2, 0) is 13.0 Å². The minimum atomic E-state index is 0.0855. The van der Waals surface area contributed by atoms with Gasteiger partial charge in [-0.15, -0.1) is 0 Å². The fourth-order valence-corrected chi connectivity index (χ4v) is 4.16. The normalized spacial score (nSPS) is 12.9. The van der Waals surface area contributed by atoms with Crippen molar-refractivity contribution in [3.63, 3.8) is 0 Å². The van der Waals surface area contributed by atoms with Crippen LogP contribution in [-0.4, -0.2) is 23.9 Å². The predicted molar refractivity (Wildman–Crippen MR) is 151 cm³/mol. The molecule has 0 fully saturated rings. The molecule has 1 unspecified atom stereocenters. The quantitative estimate of drug-likeness (QED) is 0.206. The molecule has 3 aromatic carbocycles. The molecule has 3 rings (SSSR count). The van der Waals surface area contributed by atoms with Crippen molar-refractivity contribution in [2.24, 2.45) is 4.99 Å². The number of hydrogen-bond acceptors (Lipinski definition) is 4. The molecule has 3 N–H and O–H groups in total. The number of nitrogens with zero attached hydrogens (tertiary/aromatic N) is 1. The maximum Gasteiger partial charge on any atom is 0.115 e. The molecular weight excluding hydrogens is 454 g/mol. The molecule has 5 heteroatoms. The summed E-state index contributed by atoms with van der Waals surface area (Å²) in [6, 6.07) is 22.3. The van der Waals surface area contributed by atoms with Crippen LogP contribution in [0.4, 0.5) is 5.69 Å². The Bertz CT molecular complexity index is 1210. The van der Waals surface area contributed by atoms with Gasteiger partial charge in [0.15, 0.2) is 0 Å². The summed E-state index contributed by atoms with van der Waals surface area (Å²) in [4.78, 5) is 4.96. The highest BCUT2D eigenvalue weighted by atomic mass is 35.5. The van der Waals surface area contributed by atoms with Crippen LogP contribution in [0.5, 0.6) is 0 Å². The van der Waals surface area contributed by atoms with Gasteiger partial charge in [-0.05, 0) is 75.2 Å². The molecule has 0 saturated carbocycles. The second-order valence-electron chi connectivity index (χ2n) is 8.63. The number of aliphatic hydroxyl groups is 1. The lowest BCUT2D eigenvalue weighted by atomic mass is 10.0. The fraction of sp³-hybridized carbons (Fsp3) is 0.233. The van der Waals surface area contributed by atoms with E-state index in [4.69, 9.17) is 16.6 Å². The standard InChI is InChI=1S/C30H34ClN3O/c1-6-29(28-16-13-26(31)17-20(28)2)34-21(3)30(32-5)18-23-9-14-27(15-10-23)33-19-24-7-11-25(12-8-24)22(4)35/h6-17,30,32-33,35H,4,18-19H2,1-3,5H3/b29-6-,34-21?. The van der Waals surface area contributed by atoms with Crippen LogP contribution in [0.2, 0.25) is 5.02 Å². The zero-order valence-electron chi connectivity index (χ0n) is 20.9. The average Bonchev–Trinajstić information content (AvgIpc) is 2.85. The summed E-state index contributed by atoms with van der Waals surface area (Å²) in [6.07, 6.45) is 2.88. The molecule has 0 saturated heterocycles. The molecule has 182 valence electrons. The molecule has 0 aromatic heterocycles. The Morgan fingerprint density at radius 3 is 2.29 bits per heavy atom. The van der Waals surface area contributed by atoms with Crippen LogP contribution < -0.4 is 10.6 Å². The van der Waals surface area contributed by atoms with Gasteiger partial charge in [0.1, 0.15) is 5.76 Å². The Morgan fingerprint density at radius 2 is 1.71 bits per heavy atom. The summed E-state index contributed by atoms with van der Waals surface area (Å²) in [5.41, 5.74) is 8.36. The van der Waals surface area contributed by atoms with Gasteiger partial charge in [-0.1, -0.05) is 66.7 Å². The summed E-state index contributed by atoms with van der Waals surface area (Å²) < 4.78 is 0. The maximum atomic E-state index is 9.46. The first-order chi connectivity index (χ1) is 16.8. The van der Waals surface area contributed by atoms with E-state index in [1.807, 2.05) is 62.5 Å². The van der Waals surface area contributed by atoms with Crippen molar-refractivity contribution in [3.8, 4) is 0 Å². The van der Waals surface area contributed by atoms with E-state index < -0.39 is 0 Å². The Kier molecular flexibility index (Phi) is 9.30. The van der Waals surface area contributed by atoms with E-state index in [0.717, 1.165) is 50.8 Å². The molecular formula is C30H34ClN3O. The first-order valence-corrected chi connectivity index (χ1v) is 12.1. The molecule has 3 aromatic rings. The smallest absolute Gasteiger partial charge is 0.115 e. The number of likely N-dealkylation sites (N-methyl/N-ethyl adjacent to an activating group) is 1. The third kappa shape index (κ3) is 7.32. The lowest BCUT2D eigenvalue weighted by molar-refractivity contribution is 0.514. The summed E-state index contributed by atoms with van der Waals surface area (Å²) in [6.45, 7) is 10.4. The molecule has 0 heterocycles. The highest BCUT2D eigenvalue weighted by molar-refractivity contribution is 6.30. The number of hydrogen-bond donors (Lipinski definition) is 3. The van der Waals surface area contributed by atoms with Crippen LogP contribution in [0, 0.1) is 6.92 Å². The third-order valence-corrected chi connectivity index (χ3v) is 6.30. The van der Waals surface area contributed by atoms with E-state index in [2.05, 4.69) is 55.3 Å². The number of aliphatic imine (C=N–C) groups is 1. The third-order valence-electron chi connectivity index (χ3n) is 6.06. The number of rotatable bonds is 10. The molecule has 0 radical (unpaired) electrons. The average molecular weight is 488 g/mol. The topological polar surface area (TPSA) is 56.6 Å². The van der Waals surface area contributed by atoms with Crippen molar-refractivity contribution in [3.05, 3.63) is 112 Å². The second-order valence-corrected chi connectivity index (χ2v) is 9.06. The van der Waals surface area contributed by atoms with Crippen LogP contribution in [0.15, 0.2) is 84.4 Å². The van der Waals surface area contributed by atoms with E-state index in [-0.39, 0.29) is 11.8 Å². The molecule has 0 aliphatic rings. The summed E-state index contributed by atoms with van der Waals surface area (Å²) >= 11 is 6.13. The molecule has 0 amide bonds. The molecule has 1 atom stereocenters.